The molecule has 1 amide bonds. The van der Waals surface area contributed by atoms with E-state index in [1.54, 1.807) is 24.4 Å². The molecule has 0 unspecified atom stereocenters. The van der Waals surface area contributed by atoms with Crippen molar-refractivity contribution in [2.75, 3.05) is 13.2 Å². The van der Waals surface area contributed by atoms with E-state index in [1.165, 1.54) is 0 Å². The van der Waals surface area contributed by atoms with E-state index in [1.807, 2.05) is 0 Å². The van der Waals surface area contributed by atoms with Crippen LogP contribution in [0.25, 0.3) is 0 Å². The van der Waals surface area contributed by atoms with Crippen LogP contribution in [0.15, 0.2) is 12.1 Å². The Bertz CT molecular complexity index is 449. The summed E-state index contributed by atoms with van der Waals surface area (Å²) in [4.78, 5) is 15.2. The molecule has 0 atom stereocenters. The summed E-state index contributed by atoms with van der Waals surface area (Å²) in [5, 5.41) is 1.70. The largest absolute Gasteiger partial charge is 0.482 e. The molecule has 106 valence electrons. The molecule has 0 aliphatic heterocycles. The topological polar surface area (TPSA) is 77.2 Å². The molecule has 3 N–H and O–H groups in total. The van der Waals surface area contributed by atoms with Crippen LogP contribution in [-0.4, -0.2) is 30.2 Å². The van der Waals surface area contributed by atoms with Gasteiger partial charge < -0.3 is 15.8 Å². The fraction of sp³-hybridized carbons (Fsp3) is 0.455. The Morgan fingerprint density at radius 1 is 1.47 bits per heavy atom. The number of aryl methyl sites for hydroxylation is 1. The number of rotatable bonds is 5. The summed E-state index contributed by atoms with van der Waals surface area (Å²) >= 11 is 0. The first-order valence-electron chi connectivity index (χ1n) is 5.44. The number of hydrogen-bond acceptors (Lipinski definition) is 4. The van der Waals surface area contributed by atoms with Gasteiger partial charge in [0.15, 0.2) is 6.61 Å². The van der Waals surface area contributed by atoms with Crippen molar-refractivity contribution in [2.45, 2.75) is 19.6 Å². The summed E-state index contributed by atoms with van der Waals surface area (Å²) in [5.74, 6) is -0.573. The quantitative estimate of drug-likeness (QED) is 0.838. The minimum absolute atomic E-state index is 0.112. The van der Waals surface area contributed by atoms with E-state index >= 15 is 0 Å². The standard InChI is InChI=1S/C11H14F3N3O2/c1-7-2-3-9(8(4-15)17-7)19-5-10(18)16-6-11(12,13)14/h2-3H,4-6,15H2,1H3,(H,16,18). The molecule has 0 aliphatic carbocycles. The van der Waals surface area contributed by atoms with Crippen LogP contribution in [0.3, 0.4) is 0 Å². The number of carbonyl (C=O) groups is 1. The van der Waals surface area contributed by atoms with Gasteiger partial charge in [-0.1, -0.05) is 0 Å². The number of pyridine rings is 1. The van der Waals surface area contributed by atoms with Gasteiger partial charge in [0.05, 0.1) is 5.69 Å². The van der Waals surface area contributed by atoms with Gasteiger partial charge in [0.1, 0.15) is 12.3 Å². The van der Waals surface area contributed by atoms with E-state index in [0.717, 1.165) is 5.69 Å². The van der Waals surface area contributed by atoms with Crippen molar-refractivity contribution in [1.82, 2.24) is 10.3 Å². The molecule has 8 heteroatoms. The van der Waals surface area contributed by atoms with Crippen LogP contribution >= 0.6 is 0 Å². The molecule has 5 nitrogen and oxygen atoms in total. The molecule has 0 fully saturated rings. The van der Waals surface area contributed by atoms with Gasteiger partial charge in [-0.15, -0.1) is 0 Å². The highest BCUT2D eigenvalue weighted by Gasteiger charge is 2.27. The van der Waals surface area contributed by atoms with Crippen molar-refractivity contribution in [3.63, 3.8) is 0 Å². The van der Waals surface area contributed by atoms with Crippen molar-refractivity contribution in [3.8, 4) is 5.75 Å². The smallest absolute Gasteiger partial charge is 0.405 e. The number of nitrogens with two attached hydrogens (primary N) is 1. The lowest BCUT2D eigenvalue weighted by Gasteiger charge is -2.11. The van der Waals surface area contributed by atoms with Crippen LogP contribution in [0.2, 0.25) is 0 Å². The Morgan fingerprint density at radius 3 is 2.74 bits per heavy atom. The molecule has 0 radical (unpaired) electrons. The first-order chi connectivity index (χ1) is 8.81. The lowest BCUT2D eigenvalue weighted by atomic mass is 10.3. The second-order valence-corrected chi connectivity index (χ2v) is 3.78. The van der Waals surface area contributed by atoms with Gasteiger partial charge >= 0.3 is 6.18 Å². The number of nitrogens with zero attached hydrogens (tertiary/aromatic N) is 1. The zero-order valence-electron chi connectivity index (χ0n) is 10.3. The number of halogens is 3. The lowest BCUT2D eigenvalue weighted by molar-refractivity contribution is -0.139. The van der Waals surface area contributed by atoms with Gasteiger partial charge in [-0.25, -0.2) is 0 Å². The Labute approximate surface area is 108 Å². The Hall–Kier alpha value is -1.83. The van der Waals surface area contributed by atoms with Gasteiger partial charge in [0.2, 0.25) is 0 Å². The van der Waals surface area contributed by atoms with Gasteiger partial charge in [-0.2, -0.15) is 13.2 Å². The van der Waals surface area contributed by atoms with E-state index in [2.05, 4.69) is 4.98 Å². The maximum atomic E-state index is 11.9. The van der Waals surface area contributed by atoms with E-state index < -0.39 is 25.2 Å². The summed E-state index contributed by atoms with van der Waals surface area (Å²) in [5.41, 5.74) is 6.63. The monoisotopic (exact) mass is 277 g/mol. The van der Waals surface area contributed by atoms with Gasteiger partial charge in [0, 0.05) is 12.2 Å². The van der Waals surface area contributed by atoms with E-state index in [4.69, 9.17) is 10.5 Å². The molecule has 1 rings (SSSR count). The van der Waals surface area contributed by atoms with Crippen LogP contribution in [0.1, 0.15) is 11.4 Å². The molecule has 0 bridgehead atoms. The molecule has 0 aromatic carbocycles. The maximum absolute atomic E-state index is 11.9. The Morgan fingerprint density at radius 2 is 2.16 bits per heavy atom. The lowest BCUT2D eigenvalue weighted by Crippen LogP contribution is -2.36. The van der Waals surface area contributed by atoms with E-state index in [0.29, 0.717) is 5.69 Å². The molecule has 19 heavy (non-hydrogen) atoms. The van der Waals surface area contributed by atoms with Crippen LogP contribution in [-0.2, 0) is 11.3 Å². The third kappa shape index (κ3) is 5.56. The highest BCUT2D eigenvalue weighted by atomic mass is 19.4. The molecule has 1 aromatic heterocycles. The Kier molecular flexibility index (Phi) is 5.11. The molecule has 1 heterocycles. The van der Waals surface area contributed by atoms with Crippen molar-refractivity contribution in [1.29, 1.82) is 0 Å². The first-order valence-corrected chi connectivity index (χ1v) is 5.44. The van der Waals surface area contributed by atoms with E-state index in [9.17, 15) is 18.0 Å². The zero-order chi connectivity index (χ0) is 14.5. The molecular formula is C11H14F3N3O2. The number of nitrogens with one attached hydrogen (secondary N) is 1. The number of amides is 1. The molecule has 0 saturated heterocycles. The summed E-state index contributed by atoms with van der Waals surface area (Å²) in [6, 6.07) is 3.23. The molecule has 1 aromatic rings. The van der Waals surface area contributed by atoms with Crippen molar-refractivity contribution in [3.05, 3.63) is 23.5 Å². The van der Waals surface area contributed by atoms with Crippen LogP contribution in [0, 0.1) is 6.92 Å². The minimum atomic E-state index is -4.44. The normalized spacial score (nSPS) is 11.2. The third-order valence-corrected chi connectivity index (χ3v) is 2.11. The second-order valence-electron chi connectivity index (χ2n) is 3.78. The molecule has 0 aliphatic rings. The average Bonchev–Trinajstić information content (AvgIpc) is 2.33. The molecule has 0 saturated carbocycles. The number of hydrogen-bond donors (Lipinski definition) is 2. The number of alkyl halides is 3. The summed E-state index contributed by atoms with van der Waals surface area (Å²) in [6.45, 7) is -0.0287. The molecule has 0 spiro atoms. The zero-order valence-corrected chi connectivity index (χ0v) is 10.3. The van der Waals surface area contributed by atoms with Crippen LogP contribution in [0.5, 0.6) is 5.75 Å². The summed E-state index contributed by atoms with van der Waals surface area (Å²) < 4.78 is 40.7. The minimum Gasteiger partial charge on any atom is -0.482 e. The van der Waals surface area contributed by atoms with Crippen molar-refractivity contribution >= 4 is 5.91 Å². The van der Waals surface area contributed by atoms with E-state index in [-0.39, 0.29) is 12.3 Å². The van der Waals surface area contributed by atoms with Crippen molar-refractivity contribution < 1.29 is 22.7 Å². The maximum Gasteiger partial charge on any atom is 0.405 e. The third-order valence-electron chi connectivity index (χ3n) is 2.11. The predicted molar refractivity (Wildman–Crippen MR) is 61.4 cm³/mol. The number of carbonyl (C=O) groups excluding carboxylic acids is 1. The fourth-order valence-corrected chi connectivity index (χ4v) is 1.27. The summed E-state index contributed by atoms with van der Waals surface area (Å²) in [6.07, 6.45) is -4.44. The van der Waals surface area contributed by atoms with Crippen LogP contribution in [0.4, 0.5) is 13.2 Å². The first kappa shape index (κ1) is 15.2. The highest BCUT2D eigenvalue weighted by Crippen LogP contribution is 2.16. The van der Waals surface area contributed by atoms with Gasteiger partial charge in [0.25, 0.3) is 5.91 Å². The SMILES string of the molecule is Cc1ccc(OCC(=O)NCC(F)(F)F)c(CN)n1. The van der Waals surface area contributed by atoms with Crippen LogP contribution < -0.4 is 15.8 Å². The summed E-state index contributed by atoms with van der Waals surface area (Å²) in [7, 11) is 0. The number of ether oxygens (including phenoxy) is 1. The predicted octanol–water partition coefficient (Wildman–Crippen LogP) is 0.906. The highest BCUT2D eigenvalue weighted by molar-refractivity contribution is 5.77. The Balaban J connectivity index is 2.50. The second kappa shape index (κ2) is 6.37. The average molecular weight is 277 g/mol. The molecular weight excluding hydrogens is 263 g/mol. The number of aromatic nitrogens is 1. The fourth-order valence-electron chi connectivity index (χ4n) is 1.27. The van der Waals surface area contributed by atoms with Crippen molar-refractivity contribution in [2.24, 2.45) is 5.73 Å². The van der Waals surface area contributed by atoms with Gasteiger partial charge in [-0.3, -0.25) is 9.78 Å². The van der Waals surface area contributed by atoms with Gasteiger partial charge in [-0.05, 0) is 19.1 Å².